The summed E-state index contributed by atoms with van der Waals surface area (Å²) in [4.78, 5) is 11.4. The normalized spacial score (nSPS) is 17.5. The van der Waals surface area contributed by atoms with Gasteiger partial charge in [-0.05, 0) is 43.2 Å². The van der Waals surface area contributed by atoms with Gasteiger partial charge in [-0.15, -0.1) is 0 Å². The Bertz CT molecular complexity index is 195. The van der Waals surface area contributed by atoms with Crippen molar-refractivity contribution in [1.82, 2.24) is 5.32 Å². The van der Waals surface area contributed by atoms with Crippen LogP contribution in [0.4, 0.5) is 0 Å². The first-order valence-corrected chi connectivity index (χ1v) is 6.82. The number of hydrogen-bond acceptors (Lipinski definition) is 4. The second-order valence-electron chi connectivity index (χ2n) is 3.91. The summed E-state index contributed by atoms with van der Waals surface area (Å²) in [5, 5.41) is 3.30. The molecule has 0 aromatic heterocycles. The summed E-state index contributed by atoms with van der Waals surface area (Å²) < 4.78 is 4.79. The highest BCUT2D eigenvalue weighted by Gasteiger charge is 2.25. The molecule has 0 bridgehead atoms. The van der Waals surface area contributed by atoms with Gasteiger partial charge >= 0.3 is 5.97 Å². The van der Waals surface area contributed by atoms with E-state index in [0.29, 0.717) is 0 Å². The maximum Gasteiger partial charge on any atom is 0.322 e. The lowest BCUT2D eigenvalue weighted by atomic mass is 10.2. The Morgan fingerprint density at radius 2 is 2.33 bits per heavy atom. The molecule has 0 spiro atoms. The van der Waals surface area contributed by atoms with Gasteiger partial charge in [0, 0.05) is 0 Å². The molecule has 0 aliphatic heterocycles. The predicted octanol–water partition coefficient (Wildman–Crippen LogP) is 1.67. The minimum absolute atomic E-state index is 0.102. The standard InChI is InChI=1S/C11H21NO2S/c1-3-15-7-6-10(11(13)14-2)12-8-9-4-5-9/h9-10,12H,3-8H2,1-2H3. The van der Waals surface area contributed by atoms with Gasteiger partial charge in [0.2, 0.25) is 0 Å². The molecule has 4 heteroatoms. The third kappa shape index (κ3) is 5.42. The van der Waals surface area contributed by atoms with Gasteiger partial charge in [-0.2, -0.15) is 11.8 Å². The van der Waals surface area contributed by atoms with E-state index < -0.39 is 0 Å². The number of thioether (sulfide) groups is 1. The number of ether oxygens (including phenoxy) is 1. The Morgan fingerprint density at radius 3 is 2.87 bits per heavy atom. The van der Waals surface area contributed by atoms with Crippen molar-refractivity contribution >= 4 is 17.7 Å². The van der Waals surface area contributed by atoms with Crippen LogP contribution >= 0.6 is 11.8 Å². The summed E-state index contributed by atoms with van der Waals surface area (Å²) in [6.45, 7) is 3.10. The van der Waals surface area contributed by atoms with Crippen LogP contribution in [0.15, 0.2) is 0 Å². The summed E-state index contributed by atoms with van der Waals surface area (Å²) >= 11 is 1.87. The molecule has 1 atom stereocenters. The van der Waals surface area contributed by atoms with Crippen LogP contribution in [0.5, 0.6) is 0 Å². The molecule has 0 amide bonds. The molecule has 1 aliphatic rings. The first-order valence-electron chi connectivity index (χ1n) is 5.66. The number of esters is 1. The van der Waals surface area contributed by atoms with Gasteiger partial charge in [-0.1, -0.05) is 6.92 Å². The molecule has 0 radical (unpaired) electrons. The zero-order valence-corrected chi connectivity index (χ0v) is 10.4. The number of carbonyl (C=O) groups excluding carboxylic acids is 1. The van der Waals surface area contributed by atoms with Gasteiger partial charge in [0.1, 0.15) is 6.04 Å². The maximum atomic E-state index is 11.4. The molecule has 0 heterocycles. The van der Waals surface area contributed by atoms with E-state index in [-0.39, 0.29) is 12.0 Å². The number of hydrogen-bond donors (Lipinski definition) is 1. The maximum absolute atomic E-state index is 11.4. The summed E-state index contributed by atoms with van der Waals surface area (Å²) in [7, 11) is 1.46. The second-order valence-corrected chi connectivity index (χ2v) is 5.31. The second kappa shape index (κ2) is 7.12. The molecular formula is C11H21NO2S. The zero-order valence-electron chi connectivity index (χ0n) is 9.62. The van der Waals surface area contributed by atoms with Gasteiger partial charge in [-0.3, -0.25) is 4.79 Å². The first-order chi connectivity index (χ1) is 7.27. The van der Waals surface area contributed by atoms with Crippen LogP contribution in [0, 0.1) is 5.92 Å². The highest BCUT2D eigenvalue weighted by Crippen LogP contribution is 2.27. The number of methoxy groups -OCH3 is 1. The minimum atomic E-state index is -0.118. The van der Waals surface area contributed by atoms with Crippen LogP contribution < -0.4 is 5.32 Å². The molecule has 0 aromatic rings. The minimum Gasteiger partial charge on any atom is -0.468 e. The molecule has 1 rings (SSSR count). The molecule has 3 nitrogen and oxygen atoms in total. The van der Waals surface area contributed by atoms with E-state index >= 15 is 0 Å². The van der Waals surface area contributed by atoms with Crippen molar-refractivity contribution in [2.24, 2.45) is 5.92 Å². The zero-order chi connectivity index (χ0) is 11.1. The predicted molar refractivity (Wildman–Crippen MR) is 64.1 cm³/mol. The van der Waals surface area contributed by atoms with Gasteiger partial charge in [0.05, 0.1) is 7.11 Å². The molecule has 1 fully saturated rings. The molecule has 0 saturated heterocycles. The molecule has 1 aliphatic carbocycles. The Balaban J connectivity index is 2.20. The summed E-state index contributed by atoms with van der Waals surface area (Å²) in [5.41, 5.74) is 0. The van der Waals surface area contributed by atoms with Crippen LogP contribution in [0.3, 0.4) is 0 Å². The van der Waals surface area contributed by atoms with Crippen molar-refractivity contribution < 1.29 is 9.53 Å². The van der Waals surface area contributed by atoms with Crippen LogP contribution in [-0.2, 0) is 9.53 Å². The van der Waals surface area contributed by atoms with Crippen molar-refractivity contribution in [3.8, 4) is 0 Å². The third-order valence-corrected chi connectivity index (χ3v) is 3.52. The Kier molecular flexibility index (Phi) is 6.10. The Morgan fingerprint density at radius 1 is 1.60 bits per heavy atom. The number of rotatable bonds is 8. The van der Waals surface area contributed by atoms with Crippen molar-refractivity contribution in [1.29, 1.82) is 0 Å². The van der Waals surface area contributed by atoms with Crippen LogP contribution in [0.1, 0.15) is 26.2 Å². The Labute approximate surface area is 96.3 Å². The molecule has 1 unspecified atom stereocenters. The smallest absolute Gasteiger partial charge is 0.322 e. The van der Waals surface area contributed by atoms with Gasteiger partial charge in [-0.25, -0.2) is 0 Å². The summed E-state index contributed by atoms with van der Waals surface area (Å²) in [5.74, 6) is 2.81. The van der Waals surface area contributed by atoms with Crippen LogP contribution in [0.2, 0.25) is 0 Å². The van der Waals surface area contributed by atoms with Crippen LogP contribution in [-0.4, -0.2) is 37.2 Å². The molecule has 0 aromatic carbocycles. The largest absolute Gasteiger partial charge is 0.468 e. The molecular weight excluding hydrogens is 210 g/mol. The van der Waals surface area contributed by atoms with E-state index in [1.54, 1.807) is 0 Å². The van der Waals surface area contributed by atoms with Crippen molar-refractivity contribution in [2.75, 3.05) is 25.2 Å². The third-order valence-electron chi connectivity index (χ3n) is 2.59. The van der Waals surface area contributed by atoms with Crippen LogP contribution in [0.25, 0.3) is 0 Å². The average molecular weight is 231 g/mol. The van der Waals surface area contributed by atoms with E-state index in [0.717, 1.165) is 30.4 Å². The quantitative estimate of drug-likeness (QED) is 0.509. The van der Waals surface area contributed by atoms with Crippen molar-refractivity contribution in [3.63, 3.8) is 0 Å². The van der Waals surface area contributed by atoms with Gasteiger partial charge in [0.25, 0.3) is 0 Å². The molecule has 88 valence electrons. The lowest BCUT2D eigenvalue weighted by molar-refractivity contribution is -0.143. The fourth-order valence-corrected chi connectivity index (χ4v) is 2.11. The van der Waals surface area contributed by atoms with E-state index in [2.05, 4.69) is 12.2 Å². The van der Waals surface area contributed by atoms with Crippen molar-refractivity contribution in [2.45, 2.75) is 32.2 Å². The SMILES string of the molecule is CCSCCC(NCC1CC1)C(=O)OC. The van der Waals surface area contributed by atoms with Crippen molar-refractivity contribution in [3.05, 3.63) is 0 Å². The highest BCUT2D eigenvalue weighted by atomic mass is 32.2. The average Bonchev–Trinajstić information content (AvgIpc) is 3.06. The molecule has 1 N–H and O–H groups in total. The topological polar surface area (TPSA) is 38.3 Å². The number of nitrogens with one attached hydrogen (secondary N) is 1. The number of carbonyl (C=O) groups is 1. The van der Waals surface area contributed by atoms with E-state index in [4.69, 9.17) is 4.74 Å². The highest BCUT2D eigenvalue weighted by molar-refractivity contribution is 7.99. The van der Waals surface area contributed by atoms with Gasteiger partial charge in [0.15, 0.2) is 0 Å². The summed E-state index contributed by atoms with van der Waals surface area (Å²) in [6.07, 6.45) is 3.49. The molecule has 1 saturated carbocycles. The van der Waals surface area contributed by atoms with Gasteiger partial charge < -0.3 is 10.1 Å². The fourth-order valence-electron chi connectivity index (χ4n) is 1.42. The first kappa shape index (κ1) is 12.8. The van der Waals surface area contributed by atoms with E-state index in [1.165, 1.54) is 20.0 Å². The monoisotopic (exact) mass is 231 g/mol. The lowest BCUT2D eigenvalue weighted by Crippen LogP contribution is -2.39. The van der Waals surface area contributed by atoms with E-state index in [9.17, 15) is 4.79 Å². The summed E-state index contributed by atoms with van der Waals surface area (Å²) in [6, 6.07) is -0.102. The molecule has 15 heavy (non-hydrogen) atoms. The lowest BCUT2D eigenvalue weighted by Gasteiger charge is -2.15. The van der Waals surface area contributed by atoms with E-state index in [1.807, 2.05) is 11.8 Å². The fraction of sp³-hybridized carbons (Fsp3) is 0.909. The Hall–Kier alpha value is -0.220.